The summed E-state index contributed by atoms with van der Waals surface area (Å²) in [4.78, 5) is 25.5. The smallest absolute Gasteiger partial charge is 0.419 e. The second-order valence-corrected chi connectivity index (χ2v) is 6.81. The van der Waals surface area contributed by atoms with Gasteiger partial charge in [0.25, 0.3) is 0 Å². The minimum Gasteiger partial charge on any atom is -0.496 e. The van der Waals surface area contributed by atoms with E-state index in [9.17, 15) is 27.2 Å². The van der Waals surface area contributed by atoms with E-state index in [-0.39, 0.29) is 12.1 Å². The number of alkyl halides is 3. The van der Waals surface area contributed by atoms with E-state index in [0.29, 0.717) is 17.4 Å². The number of amides is 3. The number of allylic oxidation sites excluding steroid dienone is 3. The number of rotatable bonds is 6. The first-order valence-electron chi connectivity index (χ1n) is 9.16. The molecule has 0 aliphatic carbocycles. The van der Waals surface area contributed by atoms with Crippen molar-refractivity contribution in [3.63, 3.8) is 0 Å². The molecule has 1 aliphatic heterocycles. The summed E-state index contributed by atoms with van der Waals surface area (Å²) < 4.78 is 61.8. The van der Waals surface area contributed by atoms with Gasteiger partial charge in [-0.2, -0.15) is 13.2 Å². The monoisotopic (exact) mass is 442 g/mol. The second-order valence-electron chi connectivity index (χ2n) is 6.81. The molecule has 1 fully saturated rings. The van der Waals surface area contributed by atoms with Gasteiger partial charge in [-0.1, -0.05) is 24.8 Å². The number of methoxy groups -OCH3 is 1. The van der Waals surface area contributed by atoms with Crippen molar-refractivity contribution in [2.24, 2.45) is 0 Å². The summed E-state index contributed by atoms with van der Waals surface area (Å²) in [6.07, 6.45) is -5.72. The topological polar surface area (TPSA) is 67.9 Å². The zero-order valence-corrected chi connectivity index (χ0v) is 17.1. The largest absolute Gasteiger partial charge is 0.496 e. The van der Waals surface area contributed by atoms with Crippen LogP contribution in [-0.4, -0.2) is 42.5 Å². The van der Waals surface area contributed by atoms with Crippen LogP contribution in [0.4, 0.5) is 27.2 Å². The minimum absolute atomic E-state index is 0.0704. The van der Waals surface area contributed by atoms with E-state index in [1.165, 1.54) is 14.0 Å². The maximum Gasteiger partial charge on any atom is 0.419 e. The number of para-hydroxylation sites is 1. The Morgan fingerprint density at radius 1 is 1.32 bits per heavy atom. The first-order valence-corrected chi connectivity index (χ1v) is 9.16. The van der Waals surface area contributed by atoms with Crippen molar-refractivity contribution in [3.05, 3.63) is 65.5 Å². The third-order valence-electron chi connectivity index (χ3n) is 4.60. The van der Waals surface area contributed by atoms with Crippen molar-refractivity contribution < 1.29 is 36.6 Å². The zero-order valence-electron chi connectivity index (χ0n) is 17.1. The number of hydrogen-bond acceptors (Lipinski definition) is 4. The molecular formula is C21H22F4N2O4. The van der Waals surface area contributed by atoms with Crippen LogP contribution in [0.1, 0.15) is 19.4 Å². The predicted octanol–water partition coefficient (Wildman–Crippen LogP) is 5.03. The van der Waals surface area contributed by atoms with Gasteiger partial charge in [-0.05, 0) is 37.6 Å². The second kappa shape index (κ2) is 9.67. The molecular weight excluding hydrogens is 420 g/mol. The summed E-state index contributed by atoms with van der Waals surface area (Å²) in [6.45, 7) is 5.84. The van der Waals surface area contributed by atoms with Gasteiger partial charge in [0.15, 0.2) is 0 Å². The molecule has 31 heavy (non-hydrogen) atoms. The van der Waals surface area contributed by atoms with E-state index in [0.717, 1.165) is 17.9 Å². The van der Waals surface area contributed by atoms with E-state index in [4.69, 9.17) is 9.47 Å². The Labute approximate surface area is 176 Å². The van der Waals surface area contributed by atoms with Crippen molar-refractivity contribution in [2.75, 3.05) is 7.11 Å². The highest BCUT2D eigenvalue weighted by Crippen LogP contribution is 2.29. The molecule has 1 aromatic rings. The predicted molar refractivity (Wildman–Crippen MR) is 105 cm³/mol. The van der Waals surface area contributed by atoms with E-state index >= 15 is 0 Å². The molecule has 1 saturated heterocycles. The van der Waals surface area contributed by atoms with E-state index in [2.05, 4.69) is 11.9 Å². The van der Waals surface area contributed by atoms with Gasteiger partial charge in [-0.25, -0.2) is 18.9 Å². The Hall–Kier alpha value is -3.30. The summed E-state index contributed by atoms with van der Waals surface area (Å²) >= 11 is 0. The summed E-state index contributed by atoms with van der Waals surface area (Å²) in [5.74, 6) is -0.656. The van der Waals surface area contributed by atoms with Crippen molar-refractivity contribution >= 4 is 12.1 Å². The van der Waals surface area contributed by atoms with Crippen molar-refractivity contribution in [3.8, 4) is 5.75 Å². The van der Waals surface area contributed by atoms with E-state index in [1.54, 1.807) is 24.3 Å². The molecule has 3 amide bonds. The number of benzene rings is 1. The third kappa shape index (κ3) is 5.87. The molecule has 1 aliphatic rings. The minimum atomic E-state index is -4.67. The van der Waals surface area contributed by atoms with Crippen LogP contribution in [0.5, 0.6) is 5.75 Å². The molecule has 0 unspecified atom stereocenters. The fraction of sp³-hybridized carbons (Fsp3) is 0.333. The van der Waals surface area contributed by atoms with Gasteiger partial charge in [-0.15, -0.1) is 0 Å². The Morgan fingerprint density at radius 3 is 2.58 bits per heavy atom. The van der Waals surface area contributed by atoms with Crippen LogP contribution >= 0.6 is 0 Å². The molecule has 0 spiro atoms. The highest BCUT2D eigenvalue weighted by atomic mass is 19.4. The van der Waals surface area contributed by atoms with E-state index < -0.39 is 41.8 Å². The number of cyclic esters (lactones) is 1. The number of ether oxygens (including phenoxy) is 2. The standard InChI is InChI=1S/C21H22F4N2O4/c1-12(9-16(22)10-13(2)21(23,24)25)18-14(3)27(20(29)31-18)19(28)26-11-15-7-5-6-8-17(15)30-4/h5-10,14,18H,1,11H2,2-4H3,(H,26,28)/b13-10+,16-9+/t14-,18+/m0/s1. The molecule has 2 rings (SSSR count). The van der Waals surface area contributed by atoms with Crippen molar-refractivity contribution in [1.82, 2.24) is 10.2 Å². The number of imide groups is 1. The lowest BCUT2D eigenvalue weighted by atomic mass is 10.0. The van der Waals surface area contributed by atoms with Crippen LogP contribution in [-0.2, 0) is 11.3 Å². The van der Waals surface area contributed by atoms with Gasteiger partial charge < -0.3 is 14.8 Å². The Balaban J connectivity index is 2.07. The molecule has 0 aromatic heterocycles. The average Bonchev–Trinajstić information content (AvgIpc) is 2.99. The summed E-state index contributed by atoms with van der Waals surface area (Å²) in [5.41, 5.74) is -0.552. The lowest BCUT2D eigenvalue weighted by Gasteiger charge is -2.20. The maximum absolute atomic E-state index is 13.9. The van der Waals surface area contributed by atoms with Crippen LogP contribution in [0.25, 0.3) is 0 Å². The normalized spacial score (nSPS) is 19.8. The molecule has 10 heteroatoms. The molecule has 1 aromatic carbocycles. The zero-order chi connectivity index (χ0) is 23.3. The van der Waals surface area contributed by atoms with Crippen LogP contribution in [0.3, 0.4) is 0 Å². The molecule has 0 bridgehead atoms. The summed E-state index contributed by atoms with van der Waals surface area (Å²) in [7, 11) is 1.48. The maximum atomic E-state index is 13.9. The van der Waals surface area contributed by atoms with Crippen LogP contribution in [0.2, 0.25) is 0 Å². The fourth-order valence-electron chi connectivity index (χ4n) is 2.91. The average molecular weight is 442 g/mol. The number of nitrogens with zero attached hydrogens (tertiary/aromatic N) is 1. The fourth-order valence-corrected chi connectivity index (χ4v) is 2.91. The van der Waals surface area contributed by atoms with Crippen molar-refractivity contribution in [2.45, 2.75) is 38.7 Å². The summed E-state index contributed by atoms with van der Waals surface area (Å²) in [6, 6.07) is 5.35. The molecule has 1 heterocycles. The quantitative estimate of drug-likeness (QED) is 0.496. The lowest BCUT2D eigenvalue weighted by Crippen LogP contribution is -2.45. The SMILES string of the molecule is C=C(/C=C(F)\C=C(/C)C(F)(F)F)[C@H]1OC(=O)N(C(=O)NCc2ccccc2OC)[C@H]1C. The number of carbonyl (C=O) groups is 2. The Bertz CT molecular complexity index is 924. The van der Waals surface area contributed by atoms with Crippen LogP contribution in [0, 0.1) is 0 Å². The van der Waals surface area contributed by atoms with Crippen LogP contribution < -0.4 is 10.1 Å². The molecule has 0 saturated carbocycles. The number of carbonyl (C=O) groups excluding carboxylic acids is 2. The Morgan fingerprint density at radius 2 is 1.97 bits per heavy atom. The van der Waals surface area contributed by atoms with Gasteiger partial charge in [0, 0.05) is 17.7 Å². The highest BCUT2D eigenvalue weighted by molar-refractivity contribution is 5.93. The van der Waals surface area contributed by atoms with Gasteiger partial charge in [0.1, 0.15) is 17.7 Å². The number of hydrogen-bond donors (Lipinski definition) is 1. The highest BCUT2D eigenvalue weighted by Gasteiger charge is 2.43. The Kier molecular flexibility index (Phi) is 7.48. The number of urea groups is 1. The van der Waals surface area contributed by atoms with Gasteiger partial charge >= 0.3 is 18.3 Å². The number of halogens is 4. The van der Waals surface area contributed by atoms with Crippen LogP contribution in [0.15, 0.2) is 60.0 Å². The van der Waals surface area contributed by atoms with E-state index in [1.807, 2.05) is 0 Å². The molecule has 168 valence electrons. The molecule has 6 nitrogen and oxygen atoms in total. The lowest BCUT2D eigenvalue weighted by molar-refractivity contribution is -0.0914. The van der Waals surface area contributed by atoms with Crippen molar-refractivity contribution in [1.29, 1.82) is 0 Å². The molecule has 2 atom stereocenters. The number of nitrogens with one attached hydrogen (secondary N) is 1. The molecule has 0 radical (unpaired) electrons. The first kappa shape index (κ1) is 24.0. The van der Waals surface area contributed by atoms with Gasteiger partial charge in [0.2, 0.25) is 0 Å². The summed E-state index contributed by atoms with van der Waals surface area (Å²) in [5, 5.41) is 2.57. The molecule has 1 N–H and O–H groups in total. The van der Waals surface area contributed by atoms with Gasteiger partial charge in [0.05, 0.1) is 13.2 Å². The van der Waals surface area contributed by atoms with Gasteiger partial charge in [-0.3, -0.25) is 0 Å². The first-order chi connectivity index (χ1) is 14.5. The third-order valence-corrected chi connectivity index (χ3v) is 4.60.